The molecule has 0 aromatic heterocycles. The molecule has 2 nitrogen and oxygen atoms in total. The average molecular weight is 280 g/mol. The topological polar surface area (TPSA) is 26.3 Å². The summed E-state index contributed by atoms with van der Waals surface area (Å²) in [5.74, 6) is 1.67. The van der Waals surface area contributed by atoms with Gasteiger partial charge >= 0.3 is 0 Å². The average Bonchev–Trinajstić information content (AvgIpc) is 3.27. The lowest BCUT2D eigenvalue weighted by Crippen LogP contribution is -2.05. The molecule has 21 heavy (non-hydrogen) atoms. The molecule has 108 valence electrons. The van der Waals surface area contributed by atoms with Crippen LogP contribution in [0.5, 0.6) is 5.75 Å². The molecule has 2 aromatic rings. The Kier molecular flexibility index (Phi) is 3.54. The quantitative estimate of drug-likeness (QED) is 0.781. The first-order valence-electron chi connectivity index (χ1n) is 7.36. The molecule has 0 saturated heterocycles. The number of carbonyl (C=O) groups excluding carboxylic acids is 1. The zero-order chi connectivity index (χ0) is 15.0. The van der Waals surface area contributed by atoms with Gasteiger partial charge in [-0.2, -0.15) is 0 Å². The van der Waals surface area contributed by atoms with E-state index in [0.717, 1.165) is 28.9 Å². The number of aryl methyl sites for hydroxylation is 2. The number of rotatable bonds is 4. The van der Waals surface area contributed by atoms with Crippen LogP contribution in [0.2, 0.25) is 0 Å². The molecule has 0 heterocycles. The van der Waals surface area contributed by atoms with E-state index in [4.69, 9.17) is 4.74 Å². The molecule has 0 spiro atoms. The Morgan fingerprint density at radius 1 is 1.10 bits per heavy atom. The smallest absolute Gasteiger partial charge is 0.166 e. The van der Waals surface area contributed by atoms with Crippen molar-refractivity contribution in [2.75, 3.05) is 7.11 Å². The van der Waals surface area contributed by atoms with Crippen molar-refractivity contribution in [2.45, 2.75) is 26.2 Å². The standard InChI is InChI=1S/C19H20O2/c1-12-9-15(10-13(2)19(12)21-3)18(20)17-11-16(17)14-7-5-4-6-8-14/h4-10,16-17H,11H2,1-3H3. The summed E-state index contributed by atoms with van der Waals surface area (Å²) in [6.45, 7) is 3.98. The molecule has 0 radical (unpaired) electrons. The number of carbonyl (C=O) groups is 1. The van der Waals surface area contributed by atoms with E-state index in [0.29, 0.717) is 5.92 Å². The van der Waals surface area contributed by atoms with Gasteiger partial charge in [0.1, 0.15) is 5.75 Å². The Morgan fingerprint density at radius 3 is 2.29 bits per heavy atom. The molecule has 2 aromatic carbocycles. The minimum Gasteiger partial charge on any atom is -0.496 e. The zero-order valence-corrected chi connectivity index (χ0v) is 12.7. The molecule has 0 bridgehead atoms. The fourth-order valence-corrected chi connectivity index (χ4v) is 3.18. The van der Waals surface area contributed by atoms with Crippen LogP contribution < -0.4 is 4.74 Å². The SMILES string of the molecule is COc1c(C)cc(C(=O)C2CC2c2ccccc2)cc1C. The second kappa shape index (κ2) is 5.36. The monoisotopic (exact) mass is 280 g/mol. The number of Topliss-reactive ketones (excluding diaryl/α,β-unsaturated/α-hetero) is 1. The highest BCUT2D eigenvalue weighted by Crippen LogP contribution is 2.49. The van der Waals surface area contributed by atoms with Crippen molar-refractivity contribution < 1.29 is 9.53 Å². The number of hydrogen-bond donors (Lipinski definition) is 0. The van der Waals surface area contributed by atoms with Crippen molar-refractivity contribution in [1.29, 1.82) is 0 Å². The van der Waals surface area contributed by atoms with Crippen LogP contribution in [-0.2, 0) is 0 Å². The normalized spacial score (nSPS) is 20.1. The zero-order valence-electron chi connectivity index (χ0n) is 12.7. The van der Waals surface area contributed by atoms with Gasteiger partial charge in [-0.1, -0.05) is 30.3 Å². The predicted molar refractivity (Wildman–Crippen MR) is 84.1 cm³/mol. The lowest BCUT2D eigenvalue weighted by molar-refractivity contribution is 0.0965. The highest BCUT2D eigenvalue weighted by Gasteiger charge is 2.44. The second-order valence-electron chi connectivity index (χ2n) is 5.87. The van der Waals surface area contributed by atoms with E-state index < -0.39 is 0 Å². The van der Waals surface area contributed by atoms with Crippen molar-refractivity contribution >= 4 is 5.78 Å². The molecule has 1 aliphatic rings. The van der Waals surface area contributed by atoms with Gasteiger partial charge in [-0.05, 0) is 55.0 Å². The minimum absolute atomic E-state index is 0.139. The highest BCUT2D eigenvalue weighted by atomic mass is 16.5. The molecule has 2 atom stereocenters. The van der Waals surface area contributed by atoms with Crippen molar-refractivity contribution in [1.82, 2.24) is 0 Å². The largest absolute Gasteiger partial charge is 0.496 e. The first-order chi connectivity index (χ1) is 10.1. The van der Waals surface area contributed by atoms with Crippen LogP contribution in [0, 0.1) is 19.8 Å². The molecule has 0 amide bonds. The van der Waals surface area contributed by atoms with Crippen LogP contribution in [-0.4, -0.2) is 12.9 Å². The van der Waals surface area contributed by atoms with Crippen LogP contribution in [0.4, 0.5) is 0 Å². The van der Waals surface area contributed by atoms with Crippen molar-refractivity contribution in [3.63, 3.8) is 0 Å². The molecule has 0 N–H and O–H groups in total. The number of hydrogen-bond acceptors (Lipinski definition) is 2. The number of benzene rings is 2. The third-order valence-electron chi connectivity index (χ3n) is 4.30. The van der Waals surface area contributed by atoms with Crippen molar-refractivity contribution in [3.05, 3.63) is 64.7 Å². The van der Waals surface area contributed by atoms with Gasteiger partial charge in [0.2, 0.25) is 0 Å². The molecule has 1 fully saturated rings. The van der Waals surface area contributed by atoms with Gasteiger partial charge in [0, 0.05) is 11.5 Å². The Labute approximate surface area is 125 Å². The molecular weight excluding hydrogens is 260 g/mol. The Balaban J connectivity index is 1.82. The Hall–Kier alpha value is -2.09. The van der Waals surface area contributed by atoms with Crippen LogP contribution in [0.15, 0.2) is 42.5 Å². The fraction of sp³-hybridized carbons (Fsp3) is 0.316. The van der Waals surface area contributed by atoms with Crippen molar-refractivity contribution in [2.24, 2.45) is 5.92 Å². The maximum atomic E-state index is 12.7. The summed E-state index contributed by atoms with van der Waals surface area (Å²) in [6, 6.07) is 14.2. The molecule has 1 saturated carbocycles. The molecular formula is C19H20O2. The van der Waals surface area contributed by atoms with Gasteiger partial charge in [0.05, 0.1) is 7.11 Å². The summed E-state index contributed by atoms with van der Waals surface area (Å²) < 4.78 is 5.37. The van der Waals surface area contributed by atoms with Gasteiger partial charge in [0.15, 0.2) is 5.78 Å². The van der Waals surface area contributed by atoms with Crippen LogP contribution >= 0.6 is 0 Å². The van der Waals surface area contributed by atoms with Crippen LogP contribution in [0.25, 0.3) is 0 Å². The third-order valence-corrected chi connectivity index (χ3v) is 4.30. The first-order valence-corrected chi connectivity index (χ1v) is 7.36. The van der Waals surface area contributed by atoms with Gasteiger partial charge in [-0.25, -0.2) is 0 Å². The summed E-state index contributed by atoms with van der Waals surface area (Å²) in [6.07, 6.45) is 0.965. The van der Waals surface area contributed by atoms with E-state index in [9.17, 15) is 4.79 Å². The second-order valence-corrected chi connectivity index (χ2v) is 5.87. The van der Waals surface area contributed by atoms with Gasteiger partial charge in [-0.15, -0.1) is 0 Å². The van der Waals surface area contributed by atoms with E-state index in [-0.39, 0.29) is 11.7 Å². The van der Waals surface area contributed by atoms with Gasteiger partial charge in [0.25, 0.3) is 0 Å². The van der Waals surface area contributed by atoms with E-state index in [1.807, 2.05) is 44.2 Å². The highest BCUT2D eigenvalue weighted by molar-refractivity contribution is 6.00. The Bertz CT molecular complexity index is 650. The summed E-state index contributed by atoms with van der Waals surface area (Å²) in [5, 5.41) is 0. The van der Waals surface area contributed by atoms with Crippen molar-refractivity contribution in [3.8, 4) is 5.75 Å². The molecule has 2 unspecified atom stereocenters. The maximum absolute atomic E-state index is 12.7. The number of ketones is 1. The van der Waals surface area contributed by atoms with Gasteiger partial charge < -0.3 is 4.74 Å². The molecule has 3 rings (SSSR count). The maximum Gasteiger partial charge on any atom is 0.166 e. The Morgan fingerprint density at radius 2 is 1.71 bits per heavy atom. The summed E-state index contributed by atoms with van der Waals surface area (Å²) >= 11 is 0. The number of methoxy groups -OCH3 is 1. The third kappa shape index (κ3) is 2.58. The summed E-state index contributed by atoms with van der Waals surface area (Å²) in [7, 11) is 1.67. The lowest BCUT2D eigenvalue weighted by Gasteiger charge is -2.10. The van der Waals surface area contributed by atoms with Crippen LogP contribution in [0.3, 0.4) is 0 Å². The van der Waals surface area contributed by atoms with E-state index >= 15 is 0 Å². The lowest BCUT2D eigenvalue weighted by atomic mass is 9.98. The minimum atomic E-state index is 0.139. The van der Waals surface area contributed by atoms with Crippen LogP contribution in [0.1, 0.15) is 39.4 Å². The van der Waals surface area contributed by atoms with E-state index in [1.54, 1.807) is 7.11 Å². The molecule has 0 aliphatic heterocycles. The number of ether oxygens (including phenoxy) is 1. The summed E-state index contributed by atoms with van der Waals surface area (Å²) in [5.41, 5.74) is 4.14. The fourth-order valence-electron chi connectivity index (χ4n) is 3.18. The molecule has 1 aliphatic carbocycles. The summed E-state index contributed by atoms with van der Waals surface area (Å²) in [4.78, 5) is 12.7. The van der Waals surface area contributed by atoms with Gasteiger partial charge in [-0.3, -0.25) is 4.79 Å². The molecule has 2 heteroatoms. The first kappa shape index (κ1) is 13.9. The van der Waals surface area contributed by atoms with E-state index in [2.05, 4.69) is 12.1 Å². The predicted octanol–water partition coefficient (Wildman–Crippen LogP) is 4.30. The van der Waals surface area contributed by atoms with E-state index in [1.165, 1.54) is 5.56 Å².